The lowest BCUT2D eigenvalue weighted by atomic mass is 10.0. The molecule has 0 N–H and O–H groups in total. The molecular formula is C26H41ClN3O6P. The highest BCUT2D eigenvalue weighted by atomic mass is 35.5. The van der Waals surface area contributed by atoms with Crippen LogP contribution >= 0.6 is 20.1 Å². The van der Waals surface area contributed by atoms with Crippen LogP contribution in [-0.4, -0.2) is 95.0 Å². The Labute approximate surface area is 228 Å². The zero-order valence-corrected chi connectivity index (χ0v) is 24.2. The molecule has 11 heteroatoms. The monoisotopic (exact) mass is 557 g/mol. The standard InChI is InChI=1S/C26H41ClN3O6P/c1-7-30(8-2)37(33-18-15-28-4)36-25-23(19-31-5)34-20(3)24(25)35-26(32-6)13-16-29(17-14-26)22-11-9-21(27)10-12-22/h9-12,20,23-25H,7-8,13-19H2,1-3,5-6H3. The fourth-order valence-electron chi connectivity index (χ4n) is 4.78. The zero-order chi connectivity index (χ0) is 26.8. The third-order valence-corrected chi connectivity index (χ3v) is 9.00. The predicted octanol–water partition coefficient (Wildman–Crippen LogP) is 4.99. The van der Waals surface area contributed by atoms with Crippen LogP contribution in [0.15, 0.2) is 24.3 Å². The van der Waals surface area contributed by atoms with E-state index in [1.54, 1.807) is 14.2 Å². The minimum absolute atomic E-state index is 0.219. The van der Waals surface area contributed by atoms with Crippen molar-refractivity contribution in [3.63, 3.8) is 0 Å². The van der Waals surface area contributed by atoms with E-state index in [2.05, 4.69) is 28.3 Å². The smallest absolute Gasteiger partial charge is 0.259 e. The molecule has 0 amide bonds. The highest BCUT2D eigenvalue weighted by Crippen LogP contribution is 2.47. The van der Waals surface area contributed by atoms with Gasteiger partial charge in [-0.25, -0.2) is 11.2 Å². The number of piperidine rings is 1. The van der Waals surface area contributed by atoms with Crippen molar-refractivity contribution in [3.05, 3.63) is 40.7 Å². The van der Waals surface area contributed by atoms with Crippen LogP contribution in [0.1, 0.15) is 33.6 Å². The van der Waals surface area contributed by atoms with Crippen molar-refractivity contribution in [1.82, 2.24) is 4.67 Å². The summed E-state index contributed by atoms with van der Waals surface area (Å²) in [5, 5.41) is 0.727. The Balaban J connectivity index is 1.75. The number of hydrogen-bond acceptors (Lipinski definition) is 8. The van der Waals surface area contributed by atoms with Crippen LogP contribution in [-0.2, 0) is 28.0 Å². The maximum Gasteiger partial charge on any atom is 0.259 e. The van der Waals surface area contributed by atoms with E-state index in [-0.39, 0.29) is 18.3 Å². The molecule has 0 aromatic heterocycles. The van der Waals surface area contributed by atoms with Gasteiger partial charge in [-0.2, -0.15) is 0 Å². The number of hydrogen-bond donors (Lipinski definition) is 0. The van der Waals surface area contributed by atoms with Crippen molar-refractivity contribution in [2.24, 2.45) is 0 Å². The molecule has 2 aliphatic rings. The molecule has 0 saturated carbocycles. The largest absolute Gasteiger partial charge is 0.382 e. The fourth-order valence-corrected chi connectivity index (χ4v) is 6.42. The summed E-state index contributed by atoms with van der Waals surface area (Å²) in [7, 11) is 1.96. The molecule has 37 heavy (non-hydrogen) atoms. The van der Waals surface area contributed by atoms with Gasteiger partial charge in [0.15, 0.2) is 5.79 Å². The second kappa shape index (κ2) is 14.9. The first-order chi connectivity index (χ1) is 17.9. The number of rotatable bonds is 14. The first-order valence-corrected chi connectivity index (χ1v) is 14.5. The van der Waals surface area contributed by atoms with Crippen molar-refractivity contribution in [1.29, 1.82) is 0 Å². The van der Waals surface area contributed by atoms with E-state index < -0.39 is 20.4 Å². The molecule has 0 spiro atoms. The van der Waals surface area contributed by atoms with Crippen molar-refractivity contribution < 1.29 is 28.0 Å². The molecule has 3 rings (SSSR count). The summed E-state index contributed by atoms with van der Waals surface area (Å²) in [4.78, 5) is 5.73. The Morgan fingerprint density at radius 3 is 2.41 bits per heavy atom. The van der Waals surface area contributed by atoms with Crippen LogP contribution in [0.2, 0.25) is 5.02 Å². The first kappa shape index (κ1) is 30.5. The Kier molecular flexibility index (Phi) is 12.3. The average Bonchev–Trinajstić information content (AvgIpc) is 3.19. The van der Waals surface area contributed by atoms with Crippen LogP contribution in [0.4, 0.5) is 5.69 Å². The number of methoxy groups -OCH3 is 2. The molecule has 2 heterocycles. The number of benzene rings is 1. The Bertz CT molecular complexity index is 848. The zero-order valence-electron chi connectivity index (χ0n) is 22.6. The van der Waals surface area contributed by atoms with Gasteiger partial charge >= 0.3 is 0 Å². The minimum Gasteiger partial charge on any atom is -0.382 e. The van der Waals surface area contributed by atoms with Gasteiger partial charge in [0, 0.05) is 64.0 Å². The molecule has 5 atom stereocenters. The van der Waals surface area contributed by atoms with Gasteiger partial charge < -0.3 is 37.7 Å². The van der Waals surface area contributed by atoms with E-state index >= 15 is 0 Å². The summed E-state index contributed by atoms with van der Waals surface area (Å²) in [6.45, 7) is 17.3. The Morgan fingerprint density at radius 1 is 1.16 bits per heavy atom. The molecule has 0 aliphatic carbocycles. The average molecular weight is 558 g/mol. The van der Waals surface area contributed by atoms with E-state index in [0.29, 0.717) is 32.6 Å². The van der Waals surface area contributed by atoms with Gasteiger partial charge in [-0.05, 0) is 31.2 Å². The van der Waals surface area contributed by atoms with Gasteiger partial charge in [-0.15, -0.1) is 0 Å². The molecule has 2 aliphatic heterocycles. The number of ether oxygens (including phenoxy) is 4. The SMILES string of the molecule is [C-]#[N+]CCOP(OC1C(COC)OC(C)C1OC1(OC)CCN(c2ccc(Cl)cc2)CC1)N(CC)CC. The third kappa shape index (κ3) is 7.98. The lowest BCUT2D eigenvalue weighted by molar-refractivity contribution is -0.268. The second-order valence-electron chi connectivity index (χ2n) is 9.16. The van der Waals surface area contributed by atoms with Crippen LogP contribution in [0.3, 0.4) is 0 Å². The number of nitrogens with zero attached hydrogens (tertiary/aromatic N) is 3. The highest BCUT2D eigenvalue weighted by molar-refractivity contribution is 7.44. The lowest BCUT2D eigenvalue weighted by Crippen LogP contribution is -2.52. The van der Waals surface area contributed by atoms with Gasteiger partial charge in [0.2, 0.25) is 6.54 Å². The summed E-state index contributed by atoms with van der Waals surface area (Å²) in [6.07, 6.45) is 0.0941. The maximum atomic E-state index is 7.10. The Hall–Kier alpha value is -1.05. The molecule has 208 valence electrons. The van der Waals surface area contributed by atoms with Gasteiger partial charge in [-0.1, -0.05) is 25.4 Å². The molecule has 2 saturated heterocycles. The topological polar surface area (TPSA) is 66.2 Å². The summed E-state index contributed by atoms with van der Waals surface area (Å²) in [5.41, 5.74) is 1.13. The fraction of sp³-hybridized carbons (Fsp3) is 0.731. The van der Waals surface area contributed by atoms with Crippen molar-refractivity contribution in [2.45, 2.75) is 63.8 Å². The lowest BCUT2D eigenvalue weighted by Gasteiger charge is -2.44. The van der Waals surface area contributed by atoms with E-state index in [1.807, 2.05) is 31.2 Å². The first-order valence-electron chi connectivity index (χ1n) is 13.0. The maximum absolute atomic E-state index is 7.10. The quantitative estimate of drug-likeness (QED) is 0.137. The van der Waals surface area contributed by atoms with E-state index in [0.717, 1.165) is 36.9 Å². The van der Waals surface area contributed by atoms with Crippen LogP contribution in [0.25, 0.3) is 4.85 Å². The van der Waals surface area contributed by atoms with E-state index in [1.165, 1.54) is 0 Å². The summed E-state index contributed by atoms with van der Waals surface area (Å²) < 4.78 is 39.4. The molecule has 5 unspecified atom stereocenters. The minimum atomic E-state index is -1.40. The van der Waals surface area contributed by atoms with E-state index in [4.69, 9.17) is 46.2 Å². The van der Waals surface area contributed by atoms with Crippen molar-refractivity contribution in [2.75, 3.05) is 65.1 Å². The molecule has 1 aromatic rings. The molecule has 9 nitrogen and oxygen atoms in total. The predicted molar refractivity (Wildman–Crippen MR) is 146 cm³/mol. The van der Waals surface area contributed by atoms with E-state index in [9.17, 15) is 0 Å². The summed E-state index contributed by atoms with van der Waals surface area (Å²) >= 11 is 6.07. The molecule has 0 radical (unpaired) electrons. The molecule has 1 aromatic carbocycles. The Morgan fingerprint density at radius 2 is 1.84 bits per heavy atom. The normalized spacial score (nSPS) is 26.4. The summed E-state index contributed by atoms with van der Waals surface area (Å²) in [5.74, 6) is -0.752. The van der Waals surface area contributed by atoms with Crippen molar-refractivity contribution in [3.8, 4) is 0 Å². The molecule has 2 fully saturated rings. The molecule has 0 bridgehead atoms. The number of halogens is 1. The van der Waals surface area contributed by atoms with Crippen LogP contribution < -0.4 is 4.90 Å². The van der Waals surface area contributed by atoms with Crippen LogP contribution in [0, 0.1) is 6.57 Å². The number of anilines is 1. The van der Waals surface area contributed by atoms with Gasteiger partial charge in [0.05, 0.1) is 12.7 Å². The second-order valence-corrected chi connectivity index (χ2v) is 11.1. The van der Waals surface area contributed by atoms with Gasteiger partial charge in [0.25, 0.3) is 8.53 Å². The third-order valence-electron chi connectivity index (χ3n) is 6.89. The van der Waals surface area contributed by atoms with Gasteiger partial charge in [0.1, 0.15) is 24.9 Å². The van der Waals surface area contributed by atoms with Crippen molar-refractivity contribution >= 4 is 25.8 Å². The van der Waals surface area contributed by atoms with Gasteiger partial charge in [-0.3, -0.25) is 0 Å². The van der Waals surface area contributed by atoms with Crippen LogP contribution in [0.5, 0.6) is 0 Å². The molecular weight excluding hydrogens is 517 g/mol. The highest BCUT2D eigenvalue weighted by Gasteiger charge is 2.50. The summed E-state index contributed by atoms with van der Waals surface area (Å²) in [6, 6.07) is 7.90.